The molecule has 100 valence electrons. The van der Waals surface area contributed by atoms with Crippen LogP contribution >= 0.6 is 0 Å². The van der Waals surface area contributed by atoms with E-state index in [-0.39, 0.29) is 6.42 Å². The molecule has 2 N–H and O–H groups in total. The normalized spacial score (nSPS) is 18.7. The molecule has 0 atom stereocenters. The second kappa shape index (κ2) is 6.56. The Morgan fingerprint density at radius 2 is 2.06 bits per heavy atom. The zero-order valence-corrected chi connectivity index (χ0v) is 10.6. The van der Waals surface area contributed by atoms with Gasteiger partial charge in [-0.05, 0) is 31.1 Å². The van der Waals surface area contributed by atoms with Crippen LogP contribution < -0.4 is 0 Å². The molecule has 1 aliphatic rings. The van der Waals surface area contributed by atoms with Gasteiger partial charge in [-0.25, -0.2) is 0 Å². The standard InChI is InChI=1S/C13H21N3O2/c17-13(18)3-7-15-5-1-6-16(9-8-15)11-12-2-4-14-10-12/h2,4,10,14H,1,3,5-9,11H2,(H,17,18). The van der Waals surface area contributed by atoms with Crippen molar-refractivity contribution in [3.63, 3.8) is 0 Å². The van der Waals surface area contributed by atoms with E-state index in [0.717, 1.165) is 39.1 Å². The predicted molar refractivity (Wildman–Crippen MR) is 69.4 cm³/mol. The summed E-state index contributed by atoms with van der Waals surface area (Å²) >= 11 is 0. The Morgan fingerprint density at radius 3 is 2.78 bits per heavy atom. The Morgan fingerprint density at radius 1 is 1.28 bits per heavy atom. The Hall–Kier alpha value is -1.33. The third-order valence-corrected chi connectivity index (χ3v) is 3.39. The van der Waals surface area contributed by atoms with Gasteiger partial charge in [0.05, 0.1) is 6.42 Å². The van der Waals surface area contributed by atoms with Crippen molar-refractivity contribution in [1.29, 1.82) is 0 Å². The topological polar surface area (TPSA) is 59.6 Å². The molecule has 1 aromatic heterocycles. The van der Waals surface area contributed by atoms with E-state index in [1.165, 1.54) is 5.56 Å². The number of H-pyrrole nitrogens is 1. The van der Waals surface area contributed by atoms with Crippen LogP contribution in [0.25, 0.3) is 0 Å². The van der Waals surface area contributed by atoms with Crippen LogP contribution in [0.4, 0.5) is 0 Å². The van der Waals surface area contributed by atoms with Crippen LogP contribution in [0.5, 0.6) is 0 Å². The summed E-state index contributed by atoms with van der Waals surface area (Å²) in [6.07, 6.45) is 5.35. The van der Waals surface area contributed by atoms with E-state index in [2.05, 4.69) is 20.9 Å². The smallest absolute Gasteiger partial charge is 0.304 e. The molecule has 0 aromatic carbocycles. The Bertz CT molecular complexity index is 364. The molecule has 5 heteroatoms. The lowest BCUT2D eigenvalue weighted by Gasteiger charge is -2.20. The van der Waals surface area contributed by atoms with E-state index in [4.69, 9.17) is 5.11 Å². The molecule has 18 heavy (non-hydrogen) atoms. The molecule has 5 nitrogen and oxygen atoms in total. The van der Waals surface area contributed by atoms with Crippen LogP contribution in [0.2, 0.25) is 0 Å². The summed E-state index contributed by atoms with van der Waals surface area (Å²) < 4.78 is 0. The molecule has 0 aliphatic carbocycles. The summed E-state index contributed by atoms with van der Waals surface area (Å²) in [4.78, 5) is 18.3. The van der Waals surface area contributed by atoms with Gasteiger partial charge in [0.2, 0.25) is 0 Å². The average Bonchev–Trinajstić information content (AvgIpc) is 2.73. The van der Waals surface area contributed by atoms with Crippen LogP contribution in [0.3, 0.4) is 0 Å². The molecule has 2 heterocycles. The van der Waals surface area contributed by atoms with E-state index >= 15 is 0 Å². The van der Waals surface area contributed by atoms with E-state index in [9.17, 15) is 4.79 Å². The molecule has 0 radical (unpaired) electrons. The van der Waals surface area contributed by atoms with Crippen molar-refractivity contribution in [2.75, 3.05) is 32.7 Å². The van der Waals surface area contributed by atoms with Crippen LogP contribution in [-0.2, 0) is 11.3 Å². The lowest BCUT2D eigenvalue weighted by Crippen LogP contribution is -2.31. The highest BCUT2D eigenvalue weighted by molar-refractivity contribution is 5.66. The van der Waals surface area contributed by atoms with Gasteiger partial charge < -0.3 is 15.0 Å². The van der Waals surface area contributed by atoms with E-state index in [1.54, 1.807) is 0 Å². The molecular weight excluding hydrogens is 230 g/mol. The Labute approximate surface area is 107 Å². The number of carboxylic acid groups (broad SMARTS) is 1. The number of aliphatic carboxylic acids is 1. The fourth-order valence-electron chi connectivity index (χ4n) is 2.37. The first-order valence-electron chi connectivity index (χ1n) is 6.52. The molecule has 1 aromatic rings. The number of nitrogens with one attached hydrogen (secondary N) is 1. The van der Waals surface area contributed by atoms with Gasteiger partial charge in [-0.2, -0.15) is 0 Å². The number of carboxylic acids is 1. The van der Waals surface area contributed by atoms with Crippen molar-refractivity contribution in [2.24, 2.45) is 0 Å². The molecule has 0 saturated carbocycles. The zero-order valence-electron chi connectivity index (χ0n) is 10.6. The van der Waals surface area contributed by atoms with Crippen molar-refractivity contribution < 1.29 is 9.90 Å². The molecule has 2 rings (SSSR count). The molecular formula is C13H21N3O2. The monoisotopic (exact) mass is 251 g/mol. The Kier molecular flexibility index (Phi) is 4.78. The van der Waals surface area contributed by atoms with Gasteiger partial charge in [-0.3, -0.25) is 9.69 Å². The maximum absolute atomic E-state index is 10.6. The van der Waals surface area contributed by atoms with Gasteiger partial charge >= 0.3 is 5.97 Å². The highest BCUT2D eigenvalue weighted by Gasteiger charge is 2.15. The highest BCUT2D eigenvalue weighted by atomic mass is 16.4. The predicted octanol–water partition coefficient (Wildman–Crippen LogP) is 0.997. The quantitative estimate of drug-likeness (QED) is 0.819. The average molecular weight is 251 g/mol. The molecule has 0 unspecified atom stereocenters. The van der Waals surface area contributed by atoms with Crippen molar-refractivity contribution >= 4 is 5.97 Å². The minimum Gasteiger partial charge on any atom is -0.481 e. The molecule has 1 fully saturated rings. The number of rotatable bonds is 5. The highest BCUT2D eigenvalue weighted by Crippen LogP contribution is 2.08. The van der Waals surface area contributed by atoms with Crippen LogP contribution in [0.1, 0.15) is 18.4 Å². The molecule has 0 amide bonds. The van der Waals surface area contributed by atoms with Gasteiger partial charge in [-0.1, -0.05) is 0 Å². The summed E-state index contributed by atoms with van der Waals surface area (Å²) in [6, 6.07) is 2.10. The zero-order chi connectivity index (χ0) is 12.8. The second-order valence-corrected chi connectivity index (χ2v) is 4.83. The summed E-state index contributed by atoms with van der Waals surface area (Å²) in [5.74, 6) is -0.705. The molecule has 0 spiro atoms. The van der Waals surface area contributed by atoms with Crippen molar-refractivity contribution in [2.45, 2.75) is 19.4 Å². The Balaban J connectivity index is 1.75. The summed E-state index contributed by atoms with van der Waals surface area (Å²) in [5.41, 5.74) is 1.31. The third kappa shape index (κ3) is 4.16. The first-order chi connectivity index (χ1) is 8.74. The SMILES string of the molecule is O=C(O)CCN1CCCN(Cc2cc[nH]c2)CC1. The number of aromatic amines is 1. The lowest BCUT2D eigenvalue weighted by atomic mass is 10.3. The van der Waals surface area contributed by atoms with E-state index in [0.29, 0.717) is 6.54 Å². The van der Waals surface area contributed by atoms with Crippen molar-refractivity contribution in [3.05, 3.63) is 24.0 Å². The van der Waals surface area contributed by atoms with Crippen molar-refractivity contribution in [3.8, 4) is 0 Å². The van der Waals surface area contributed by atoms with Gasteiger partial charge in [0.1, 0.15) is 0 Å². The largest absolute Gasteiger partial charge is 0.481 e. The van der Waals surface area contributed by atoms with Gasteiger partial charge in [0, 0.05) is 38.6 Å². The van der Waals surface area contributed by atoms with Gasteiger partial charge in [-0.15, -0.1) is 0 Å². The maximum atomic E-state index is 10.6. The number of carbonyl (C=O) groups is 1. The molecule has 1 aliphatic heterocycles. The fraction of sp³-hybridized carbons (Fsp3) is 0.615. The number of aromatic nitrogens is 1. The second-order valence-electron chi connectivity index (χ2n) is 4.83. The summed E-state index contributed by atoms with van der Waals surface area (Å²) in [5, 5.41) is 8.70. The van der Waals surface area contributed by atoms with Crippen LogP contribution in [0, 0.1) is 0 Å². The van der Waals surface area contributed by atoms with Gasteiger partial charge in [0.15, 0.2) is 0 Å². The summed E-state index contributed by atoms with van der Waals surface area (Å²) in [7, 11) is 0. The van der Waals surface area contributed by atoms with E-state index < -0.39 is 5.97 Å². The first kappa shape index (κ1) is 13.1. The molecule has 0 bridgehead atoms. The van der Waals surface area contributed by atoms with Gasteiger partial charge in [0.25, 0.3) is 0 Å². The van der Waals surface area contributed by atoms with Crippen molar-refractivity contribution in [1.82, 2.24) is 14.8 Å². The molecule has 1 saturated heterocycles. The van der Waals surface area contributed by atoms with E-state index in [1.807, 2.05) is 12.4 Å². The summed E-state index contributed by atoms with van der Waals surface area (Å²) in [6.45, 7) is 5.75. The first-order valence-corrected chi connectivity index (χ1v) is 6.52. The number of hydrogen-bond acceptors (Lipinski definition) is 3. The number of hydrogen-bond donors (Lipinski definition) is 2. The lowest BCUT2D eigenvalue weighted by molar-refractivity contribution is -0.137. The van der Waals surface area contributed by atoms with Crippen LogP contribution in [-0.4, -0.2) is 58.6 Å². The maximum Gasteiger partial charge on any atom is 0.304 e. The minimum absolute atomic E-state index is 0.248. The fourth-order valence-corrected chi connectivity index (χ4v) is 2.37. The third-order valence-electron chi connectivity index (χ3n) is 3.39. The minimum atomic E-state index is -0.705. The van der Waals surface area contributed by atoms with Crippen LogP contribution in [0.15, 0.2) is 18.5 Å². The number of nitrogens with zero attached hydrogens (tertiary/aromatic N) is 2.